The van der Waals surface area contributed by atoms with E-state index in [1.54, 1.807) is 36.4 Å². The van der Waals surface area contributed by atoms with Gasteiger partial charge in [0, 0.05) is 28.0 Å². The molecular weight excluding hydrogens is 524 g/mol. The Labute approximate surface area is 238 Å². The number of rotatable bonds is 9. The van der Waals surface area contributed by atoms with Crippen LogP contribution in [-0.4, -0.2) is 32.8 Å². The van der Waals surface area contributed by atoms with Crippen molar-refractivity contribution in [2.24, 2.45) is 0 Å². The number of nitrogens with zero attached hydrogens (tertiary/aromatic N) is 3. The highest BCUT2D eigenvalue weighted by atomic mass is 35.5. The number of furan rings is 1. The average molecular weight is 553 g/mol. The number of imidazole rings is 1. The normalized spacial score (nSPS) is 11.0. The molecule has 7 nitrogen and oxygen atoms in total. The first kappa shape index (κ1) is 27.0. The Morgan fingerprint density at radius 2 is 1.68 bits per heavy atom. The van der Waals surface area contributed by atoms with Crippen molar-refractivity contribution < 1.29 is 14.0 Å². The van der Waals surface area contributed by atoms with Crippen LogP contribution < -0.4 is 5.32 Å². The zero-order chi connectivity index (χ0) is 28.1. The predicted octanol–water partition coefficient (Wildman–Crippen LogP) is 7.19. The van der Waals surface area contributed by atoms with Crippen LogP contribution in [0.3, 0.4) is 0 Å². The first-order chi connectivity index (χ1) is 19.4. The molecule has 5 rings (SSSR count). The van der Waals surface area contributed by atoms with Crippen molar-refractivity contribution in [1.29, 1.82) is 0 Å². The van der Waals surface area contributed by atoms with E-state index in [1.165, 1.54) is 16.7 Å². The van der Waals surface area contributed by atoms with Gasteiger partial charge >= 0.3 is 0 Å². The van der Waals surface area contributed by atoms with E-state index in [0.29, 0.717) is 33.9 Å². The number of hydrogen-bond acceptors (Lipinski definition) is 4. The van der Waals surface area contributed by atoms with Crippen molar-refractivity contribution in [1.82, 2.24) is 14.5 Å². The zero-order valence-corrected chi connectivity index (χ0v) is 23.0. The summed E-state index contributed by atoms with van der Waals surface area (Å²) in [5.41, 5.74) is 4.13. The number of halogens is 1. The van der Waals surface area contributed by atoms with Crippen molar-refractivity contribution >= 4 is 29.4 Å². The van der Waals surface area contributed by atoms with Crippen molar-refractivity contribution in [3.05, 3.63) is 125 Å². The lowest BCUT2D eigenvalue weighted by molar-refractivity contribution is -0.117. The highest BCUT2D eigenvalue weighted by molar-refractivity contribution is 6.30. The molecule has 0 spiro atoms. The summed E-state index contributed by atoms with van der Waals surface area (Å²) in [5, 5.41) is 3.45. The van der Waals surface area contributed by atoms with Crippen molar-refractivity contribution in [2.75, 3.05) is 11.9 Å². The highest BCUT2D eigenvalue weighted by Crippen LogP contribution is 2.26. The topological polar surface area (TPSA) is 80.4 Å². The van der Waals surface area contributed by atoms with Crippen LogP contribution in [-0.2, 0) is 11.3 Å². The van der Waals surface area contributed by atoms with Crippen LogP contribution in [0, 0.1) is 0 Å². The van der Waals surface area contributed by atoms with Crippen LogP contribution in [0.5, 0.6) is 0 Å². The summed E-state index contributed by atoms with van der Waals surface area (Å²) < 4.78 is 7.31. The first-order valence-corrected chi connectivity index (χ1v) is 13.4. The fraction of sp³-hybridized carbons (Fsp3) is 0.156. The maximum Gasteiger partial charge on any atom is 0.254 e. The number of hydrogen-bond donors (Lipinski definition) is 1. The maximum atomic E-state index is 13.4. The molecule has 1 N–H and O–H groups in total. The Morgan fingerprint density at radius 3 is 2.33 bits per heavy atom. The lowest BCUT2D eigenvalue weighted by atomic mass is 10.0. The standard InChI is InChI=1S/C32H29ClN4O3/c1-22(2)23-12-16-27(17-13-23)37-20-29(24-7-4-3-5-8-24)34-32(37)35-30(38)21-36(19-28-9-6-18-40-28)31(39)25-10-14-26(33)15-11-25/h3-18,20,22H,19,21H2,1-2H3,(H,34,35,38). The number of carbonyl (C=O) groups is 2. The molecule has 8 heteroatoms. The molecule has 0 aliphatic heterocycles. The third-order valence-corrected chi connectivity index (χ3v) is 6.76. The second kappa shape index (κ2) is 12.1. The average Bonchev–Trinajstić information content (AvgIpc) is 3.63. The lowest BCUT2D eigenvalue weighted by Gasteiger charge is -2.21. The van der Waals surface area contributed by atoms with Crippen LogP contribution in [0.1, 0.15) is 41.4 Å². The number of nitrogens with one attached hydrogen (secondary N) is 1. The summed E-state index contributed by atoms with van der Waals surface area (Å²) >= 11 is 6.01. The van der Waals surface area contributed by atoms with Crippen LogP contribution in [0.25, 0.3) is 16.9 Å². The molecule has 3 aromatic carbocycles. The van der Waals surface area contributed by atoms with Crippen LogP contribution in [0.15, 0.2) is 108 Å². The van der Waals surface area contributed by atoms with Crippen LogP contribution >= 0.6 is 11.6 Å². The lowest BCUT2D eigenvalue weighted by Crippen LogP contribution is -2.37. The van der Waals surface area contributed by atoms with Gasteiger partial charge in [0.1, 0.15) is 12.3 Å². The van der Waals surface area contributed by atoms with Gasteiger partial charge in [-0.3, -0.25) is 19.5 Å². The fourth-order valence-corrected chi connectivity index (χ4v) is 4.46. The molecule has 5 aromatic rings. The third kappa shape index (κ3) is 6.33. The molecule has 0 radical (unpaired) electrons. The highest BCUT2D eigenvalue weighted by Gasteiger charge is 2.22. The predicted molar refractivity (Wildman–Crippen MR) is 157 cm³/mol. The Balaban J connectivity index is 1.43. The molecule has 0 aliphatic carbocycles. The van der Waals surface area contributed by atoms with Gasteiger partial charge < -0.3 is 9.32 Å². The molecule has 0 unspecified atom stereocenters. The number of aromatic nitrogens is 2. The van der Waals surface area contributed by atoms with Crippen molar-refractivity contribution in [3.8, 4) is 16.9 Å². The zero-order valence-electron chi connectivity index (χ0n) is 22.3. The SMILES string of the molecule is CC(C)c1ccc(-n2cc(-c3ccccc3)nc2NC(=O)CN(Cc2ccco2)C(=O)c2ccc(Cl)cc2)cc1. The Morgan fingerprint density at radius 1 is 0.950 bits per heavy atom. The molecular formula is C32H29ClN4O3. The van der Waals surface area contributed by atoms with E-state index in [9.17, 15) is 9.59 Å². The fourth-order valence-electron chi connectivity index (χ4n) is 4.34. The quantitative estimate of drug-likeness (QED) is 0.210. The Hall–Kier alpha value is -4.62. The van der Waals surface area contributed by atoms with Crippen molar-refractivity contribution in [2.45, 2.75) is 26.3 Å². The Bertz CT molecular complexity index is 1580. The number of anilines is 1. The third-order valence-electron chi connectivity index (χ3n) is 6.50. The minimum Gasteiger partial charge on any atom is -0.467 e. The summed E-state index contributed by atoms with van der Waals surface area (Å²) in [5.74, 6) is 0.611. The van der Waals surface area contributed by atoms with Gasteiger partial charge in [-0.05, 0) is 60.0 Å². The summed E-state index contributed by atoms with van der Waals surface area (Å²) in [6.45, 7) is 4.21. The van der Waals surface area contributed by atoms with E-state index >= 15 is 0 Å². The second-order valence-corrected chi connectivity index (χ2v) is 10.2. The van der Waals surface area contributed by atoms with Crippen molar-refractivity contribution in [3.63, 3.8) is 0 Å². The molecule has 0 bridgehead atoms. The second-order valence-electron chi connectivity index (χ2n) is 9.73. The van der Waals surface area contributed by atoms with Crippen LogP contribution in [0.2, 0.25) is 5.02 Å². The van der Waals surface area contributed by atoms with E-state index in [0.717, 1.165) is 11.3 Å². The van der Waals surface area contributed by atoms with Gasteiger partial charge in [0.05, 0.1) is 18.5 Å². The smallest absolute Gasteiger partial charge is 0.254 e. The van der Waals surface area contributed by atoms with Gasteiger partial charge in [0.15, 0.2) is 0 Å². The van der Waals surface area contributed by atoms with Gasteiger partial charge in [-0.15, -0.1) is 0 Å². The summed E-state index contributed by atoms with van der Waals surface area (Å²) in [6, 6.07) is 28.0. The molecule has 0 atom stereocenters. The molecule has 2 aromatic heterocycles. The summed E-state index contributed by atoms with van der Waals surface area (Å²) in [6.07, 6.45) is 3.43. The van der Waals surface area contributed by atoms with E-state index in [4.69, 9.17) is 21.0 Å². The van der Waals surface area contributed by atoms with Crippen LogP contribution in [0.4, 0.5) is 5.95 Å². The molecule has 0 fully saturated rings. The summed E-state index contributed by atoms with van der Waals surface area (Å²) in [4.78, 5) is 33.0. The first-order valence-electron chi connectivity index (χ1n) is 13.0. The molecule has 202 valence electrons. The van der Waals surface area contributed by atoms with Gasteiger partial charge in [-0.25, -0.2) is 4.98 Å². The molecule has 0 aliphatic rings. The molecule has 2 amide bonds. The van der Waals surface area contributed by atoms with Gasteiger partial charge in [0.2, 0.25) is 11.9 Å². The molecule has 40 heavy (non-hydrogen) atoms. The van der Waals surface area contributed by atoms with Gasteiger partial charge in [-0.2, -0.15) is 0 Å². The minimum absolute atomic E-state index is 0.127. The Kier molecular flexibility index (Phi) is 8.12. The van der Waals surface area contributed by atoms with Gasteiger partial charge in [-0.1, -0.05) is 67.9 Å². The van der Waals surface area contributed by atoms with E-state index in [2.05, 4.69) is 31.3 Å². The molecule has 2 heterocycles. The van der Waals surface area contributed by atoms with E-state index in [1.807, 2.05) is 53.2 Å². The number of carbonyl (C=O) groups excluding carboxylic acids is 2. The van der Waals surface area contributed by atoms with E-state index in [-0.39, 0.29) is 24.9 Å². The molecule has 0 saturated carbocycles. The largest absolute Gasteiger partial charge is 0.467 e. The minimum atomic E-state index is -0.390. The summed E-state index contributed by atoms with van der Waals surface area (Å²) in [7, 11) is 0. The van der Waals surface area contributed by atoms with E-state index < -0.39 is 0 Å². The van der Waals surface area contributed by atoms with Gasteiger partial charge in [0.25, 0.3) is 5.91 Å². The number of amides is 2. The number of benzene rings is 3. The monoisotopic (exact) mass is 552 g/mol. The molecule has 0 saturated heterocycles. The maximum absolute atomic E-state index is 13.4.